The summed E-state index contributed by atoms with van der Waals surface area (Å²) in [5, 5.41) is 1.97. The van der Waals surface area contributed by atoms with Crippen molar-refractivity contribution in [3.8, 4) is 0 Å². The Bertz CT molecular complexity index is 1220. The molecule has 0 saturated carbocycles. The first-order chi connectivity index (χ1) is 17.1. The molecule has 0 radical (unpaired) electrons. The number of halogens is 1. The minimum Gasteiger partial charge on any atom is -0.357 e. The molecule has 2 fully saturated rings. The monoisotopic (exact) mass is 516 g/mol. The van der Waals surface area contributed by atoms with E-state index in [0.29, 0.717) is 38.2 Å². The van der Waals surface area contributed by atoms with Crippen LogP contribution in [0.2, 0.25) is 0 Å². The molecule has 2 aromatic carbocycles. The van der Waals surface area contributed by atoms with Crippen molar-refractivity contribution in [2.45, 2.75) is 44.0 Å². The van der Waals surface area contributed by atoms with Crippen LogP contribution in [0.15, 0.2) is 48.5 Å². The van der Waals surface area contributed by atoms with E-state index in [-0.39, 0.29) is 23.9 Å². The molecule has 2 unspecified atom stereocenters. The van der Waals surface area contributed by atoms with Crippen LogP contribution in [0.1, 0.15) is 49.1 Å². The molecule has 2 amide bonds. The number of hydrogen-bond acceptors (Lipinski definition) is 5. The molecule has 0 aliphatic carbocycles. The number of hydrogen-bond donors (Lipinski definition) is 1. The number of likely N-dealkylation sites (N-methyl/N-ethyl adjacent to an activating group) is 1. The van der Waals surface area contributed by atoms with Gasteiger partial charge in [-0.25, -0.2) is 12.8 Å². The van der Waals surface area contributed by atoms with Crippen molar-refractivity contribution in [2.75, 3.05) is 38.1 Å². The maximum absolute atomic E-state index is 15.5. The van der Waals surface area contributed by atoms with Gasteiger partial charge in [0.1, 0.15) is 17.1 Å². The molecule has 194 valence electrons. The molecule has 0 spiro atoms. The lowest BCUT2D eigenvalue weighted by Gasteiger charge is -2.41. The van der Waals surface area contributed by atoms with Crippen LogP contribution in [-0.2, 0) is 19.6 Å². The van der Waals surface area contributed by atoms with E-state index in [9.17, 15) is 18.0 Å². The van der Waals surface area contributed by atoms with E-state index in [0.717, 1.165) is 5.56 Å². The summed E-state index contributed by atoms with van der Waals surface area (Å²) < 4.78 is 43.9. The summed E-state index contributed by atoms with van der Waals surface area (Å²) in [7, 11) is -2.16. The predicted molar refractivity (Wildman–Crippen MR) is 136 cm³/mol. The average molecular weight is 517 g/mol. The zero-order chi connectivity index (χ0) is 26.0. The van der Waals surface area contributed by atoms with E-state index >= 15 is 4.39 Å². The van der Waals surface area contributed by atoms with Gasteiger partial charge in [-0.2, -0.15) is 4.31 Å². The van der Waals surface area contributed by atoms with Crippen LogP contribution in [0.5, 0.6) is 0 Å². The van der Waals surface area contributed by atoms with E-state index in [4.69, 9.17) is 0 Å². The number of carbonyl (C=O) groups excluding carboxylic acids is 2. The molecule has 0 aromatic heterocycles. The van der Waals surface area contributed by atoms with E-state index in [1.807, 2.05) is 30.3 Å². The fraction of sp³-hybridized carbons (Fsp3) is 0.462. The van der Waals surface area contributed by atoms with E-state index in [2.05, 4.69) is 5.32 Å². The molecule has 1 N–H and O–H groups in total. The summed E-state index contributed by atoms with van der Waals surface area (Å²) in [6.45, 7) is 4.52. The fourth-order valence-corrected chi connectivity index (χ4v) is 7.48. The Kier molecular flexibility index (Phi) is 7.65. The first-order valence-corrected chi connectivity index (χ1v) is 13.7. The van der Waals surface area contributed by atoms with Gasteiger partial charge in [-0.05, 0) is 37.5 Å². The van der Waals surface area contributed by atoms with Crippen molar-refractivity contribution in [3.05, 3.63) is 65.5 Å². The van der Waals surface area contributed by atoms with Crippen molar-refractivity contribution in [2.24, 2.45) is 0 Å². The van der Waals surface area contributed by atoms with Gasteiger partial charge in [0.05, 0.1) is 6.54 Å². The first kappa shape index (κ1) is 26.1. The van der Waals surface area contributed by atoms with Gasteiger partial charge in [0.25, 0.3) is 0 Å². The third kappa shape index (κ3) is 4.97. The van der Waals surface area contributed by atoms with E-state index < -0.39 is 33.2 Å². The normalized spacial score (nSPS) is 23.2. The smallest absolute Gasteiger partial charge is 0.244 e. The minimum atomic E-state index is -3.68. The van der Waals surface area contributed by atoms with Gasteiger partial charge in [-0.1, -0.05) is 36.4 Å². The van der Waals surface area contributed by atoms with Crippen molar-refractivity contribution < 1.29 is 22.4 Å². The Morgan fingerprint density at radius 3 is 2.44 bits per heavy atom. The molecule has 2 aliphatic heterocycles. The predicted octanol–water partition coefficient (Wildman–Crippen LogP) is 2.84. The van der Waals surface area contributed by atoms with Crippen molar-refractivity contribution in [3.63, 3.8) is 0 Å². The molecular weight excluding hydrogens is 483 g/mol. The van der Waals surface area contributed by atoms with E-state index in [1.165, 1.54) is 24.3 Å². The van der Waals surface area contributed by atoms with Gasteiger partial charge in [-0.15, -0.1) is 0 Å². The Labute approximate surface area is 212 Å². The molecule has 36 heavy (non-hydrogen) atoms. The molecule has 4 rings (SSSR count). The SMILES string of the molecule is CNC(=O)[C@H]1CN(C(C)=O)CCN1c1ccc(C(C)N2CCCC(c3ccccc3)S2(=O)=O)c(F)c1. The fourth-order valence-electron chi connectivity index (χ4n) is 5.25. The van der Waals surface area contributed by atoms with Crippen LogP contribution in [0, 0.1) is 5.82 Å². The van der Waals surface area contributed by atoms with Crippen molar-refractivity contribution >= 4 is 27.5 Å². The van der Waals surface area contributed by atoms with Crippen molar-refractivity contribution in [1.29, 1.82) is 0 Å². The van der Waals surface area contributed by atoms with Gasteiger partial charge in [0, 0.05) is 50.9 Å². The number of amides is 2. The molecule has 8 nitrogen and oxygen atoms in total. The van der Waals surface area contributed by atoms with Crippen LogP contribution in [-0.4, -0.2) is 68.7 Å². The third-order valence-corrected chi connectivity index (χ3v) is 9.65. The second kappa shape index (κ2) is 10.6. The number of benzene rings is 2. The van der Waals surface area contributed by atoms with Gasteiger partial charge < -0.3 is 15.1 Å². The molecule has 0 bridgehead atoms. The number of nitrogens with one attached hydrogen (secondary N) is 1. The highest BCUT2D eigenvalue weighted by Gasteiger charge is 2.40. The second-order valence-electron chi connectivity index (χ2n) is 9.37. The van der Waals surface area contributed by atoms with Crippen LogP contribution in [0.25, 0.3) is 0 Å². The zero-order valence-electron chi connectivity index (χ0n) is 20.9. The summed E-state index contributed by atoms with van der Waals surface area (Å²) in [6.07, 6.45) is 1.22. The standard InChI is InChI=1S/C26H33FN4O4S/c1-18(31-13-7-10-25(36(31,34)35)20-8-5-4-6-9-20)22-12-11-21(16-23(22)27)30-15-14-29(19(2)32)17-24(30)26(33)28-3/h4-6,8-9,11-12,16,18,24-25H,7,10,13-15,17H2,1-3H3,(H,28,33)/t18?,24-,25?/m1/s1. The molecule has 2 heterocycles. The number of carbonyl (C=O) groups is 2. The zero-order valence-corrected chi connectivity index (χ0v) is 21.7. The van der Waals surface area contributed by atoms with Gasteiger partial charge >= 0.3 is 0 Å². The average Bonchev–Trinajstić information content (AvgIpc) is 2.87. The molecule has 3 atom stereocenters. The Hall–Kier alpha value is -2.98. The van der Waals surface area contributed by atoms with Gasteiger partial charge in [-0.3, -0.25) is 9.59 Å². The van der Waals surface area contributed by atoms with Crippen LogP contribution < -0.4 is 10.2 Å². The Balaban J connectivity index is 1.59. The Morgan fingerprint density at radius 2 is 1.81 bits per heavy atom. The summed E-state index contributed by atoms with van der Waals surface area (Å²) >= 11 is 0. The van der Waals surface area contributed by atoms with Gasteiger partial charge in [0.15, 0.2) is 0 Å². The maximum atomic E-state index is 15.5. The molecule has 10 heteroatoms. The molecule has 2 aromatic rings. The minimum absolute atomic E-state index is 0.115. The molecule has 2 saturated heterocycles. The summed E-state index contributed by atoms with van der Waals surface area (Å²) in [4.78, 5) is 27.8. The highest BCUT2D eigenvalue weighted by molar-refractivity contribution is 7.89. The number of nitrogens with zero attached hydrogens (tertiary/aromatic N) is 3. The van der Waals surface area contributed by atoms with Crippen LogP contribution in [0.4, 0.5) is 10.1 Å². The lowest BCUT2D eigenvalue weighted by Crippen LogP contribution is -2.59. The third-order valence-electron chi connectivity index (χ3n) is 7.28. The summed E-state index contributed by atoms with van der Waals surface area (Å²) in [5.41, 5.74) is 1.55. The maximum Gasteiger partial charge on any atom is 0.244 e. The summed E-state index contributed by atoms with van der Waals surface area (Å²) in [5.74, 6) is -0.901. The topological polar surface area (TPSA) is 90.0 Å². The van der Waals surface area contributed by atoms with Crippen LogP contribution >= 0.6 is 0 Å². The van der Waals surface area contributed by atoms with Crippen LogP contribution in [0.3, 0.4) is 0 Å². The Morgan fingerprint density at radius 1 is 1.08 bits per heavy atom. The quantitative estimate of drug-likeness (QED) is 0.660. The van der Waals surface area contributed by atoms with Gasteiger partial charge in [0.2, 0.25) is 21.8 Å². The first-order valence-electron chi connectivity index (χ1n) is 12.2. The molecular formula is C26H33FN4O4S. The highest BCUT2D eigenvalue weighted by atomic mass is 32.2. The second-order valence-corrected chi connectivity index (χ2v) is 11.4. The number of sulfonamides is 1. The number of piperazine rings is 1. The van der Waals surface area contributed by atoms with Crippen molar-refractivity contribution in [1.82, 2.24) is 14.5 Å². The lowest BCUT2D eigenvalue weighted by atomic mass is 10.0. The highest BCUT2D eigenvalue weighted by Crippen LogP contribution is 2.39. The number of anilines is 1. The van der Waals surface area contributed by atoms with E-state index in [1.54, 1.807) is 28.9 Å². The largest absolute Gasteiger partial charge is 0.357 e. The summed E-state index contributed by atoms with van der Waals surface area (Å²) in [6, 6.07) is 12.5. The number of rotatable bonds is 5. The molecule has 2 aliphatic rings. The lowest BCUT2D eigenvalue weighted by molar-refractivity contribution is -0.131.